The van der Waals surface area contributed by atoms with E-state index in [1.54, 1.807) is 18.5 Å². The average Bonchev–Trinajstić information content (AvgIpc) is 2.71. The van der Waals surface area contributed by atoms with E-state index in [0.29, 0.717) is 12.4 Å². The van der Waals surface area contributed by atoms with E-state index in [9.17, 15) is 0 Å². The smallest absolute Gasteiger partial charge is 0.134 e. The Bertz CT molecular complexity index is 396. The molecule has 0 saturated heterocycles. The van der Waals surface area contributed by atoms with Gasteiger partial charge >= 0.3 is 0 Å². The number of H-pyrrole nitrogens is 1. The Morgan fingerprint density at radius 1 is 1.43 bits per heavy atom. The summed E-state index contributed by atoms with van der Waals surface area (Å²) in [7, 11) is 0. The van der Waals surface area contributed by atoms with Crippen LogP contribution >= 0.6 is 0 Å². The normalized spacial score (nSPS) is 10.1. The van der Waals surface area contributed by atoms with Gasteiger partial charge in [0.2, 0.25) is 0 Å². The third kappa shape index (κ3) is 1.86. The molecule has 0 aromatic carbocycles. The van der Waals surface area contributed by atoms with Crippen molar-refractivity contribution in [3.63, 3.8) is 0 Å². The zero-order valence-electron chi connectivity index (χ0n) is 7.44. The molecule has 0 amide bonds. The highest BCUT2D eigenvalue weighted by Crippen LogP contribution is 2.11. The largest absolute Gasteiger partial charge is 0.338 e. The quantitative estimate of drug-likeness (QED) is 0.651. The van der Waals surface area contributed by atoms with E-state index in [4.69, 9.17) is 5.73 Å². The molecule has 0 aliphatic carbocycles. The number of rotatable bonds is 3. The maximum Gasteiger partial charge on any atom is 0.134 e. The minimum absolute atomic E-state index is 0.405. The van der Waals surface area contributed by atoms with E-state index in [0.717, 1.165) is 11.4 Å². The molecule has 2 heterocycles. The van der Waals surface area contributed by atoms with Crippen LogP contribution in [-0.2, 0) is 6.54 Å². The molecule has 2 rings (SSSR count). The summed E-state index contributed by atoms with van der Waals surface area (Å²) in [6.07, 6.45) is 4.89. The molecule has 0 radical (unpaired) electrons. The molecule has 0 unspecified atom stereocenters. The minimum atomic E-state index is 0.405. The van der Waals surface area contributed by atoms with Crippen molar-refractivity contribution >= 4 is 11.5 Å². The molecule has 0 aliphatic rings. The fourth-order valence-corrected chi connectivity index (χ4v) is 1.04. The van der Waals surface area contributed by atoms with Gasteiger partial charge in [-0.15, -0.1) is 0 Å². The topological polar surface area (TPSA) is 92.5 Å². The molecule has 2 aromatic heterocycles. The summed E-state index contributed by atoms with van der Waals surface area (Å²) in [5.41, 5.74) is 7.11. The third-order valence-electron chi connectivity index (χ3n) is 1.70. The zero-order chi connectivity index (χ0) is 9.80. The van der Waals surface area contributed by atoms with Crippen LogP contribution in [0.1, 0.15) is 5.69 Å². The Hall–Kier alpha value is -1.95. The molecule has 6 nitrogen and oxygen atoms in total. The van der Waals surface area contributed by atoms with Gasteiger partial charge < -0.3 is 11.1 Å². The van der Waals surface area contributed by atoms with Crippen molar-refractivity contribution in [3.05, 3.63) is 30.5 Å². The van der Waals surface area contributed by atoms with E-state index < -0.39 is 0 Å². The number of hydrogen-bond donors (Lipinski definition) is 3. The van der Waals surface area contributed by atoms with Crippen molar-refractivity contribution in [2.24, 2.45) is 5.73 Å². The van der Waals surface area contributed by atoms with Gasteiger partial charge in [-0.05, 0) is 0 Å². The summed E-state index contributed by atoms with van der Waals surface area (Å²) in [6, 6.07) is 1.80. The van der Waals surface area contributed by atoms with Crippen molar-refractivity contribution in [1.29, 1.82) is 0 Å². The molecular weight excluding hydrogens is 180 g/mol. The summed E-state index contributed by atoms with van der Waals surface area (Å²) in [4.78, 5) is 8.03. The highest BCUT2D eigenvalue weighted by Gasteiger charge is 1.98. The highest BCUT2D eigenvalue weighted by atomic mass is 15.1. The van der Waals surface area contributed by atoms with Crippen molar-refractivity contribution in [1.82, 2.24) is 20.2 Å². The van der Waals surface area contributed by atoms with Crippen molar-refractivity contribution in [3.8, 4) is 0 Å². The highest BCUT2D eigenvalue weighted by molar-refractivity contribution is 5.53. The summed E-state index contributed by atoms with van der Waals surface area (Å²) >= 11 is 0. The van der Waals surface area contributed by atoms with Crippen LogP contribution in [0.2, 0.25) is 0 Å². The maximum absolute atomic E-state index is 5.46. The SMILES string of the molecule is NCc1cc(Nc2cn[nH]c2)ncn1. The molecule has 4 N–H and O–H groups in total. The Morgan fingerprint density at radius 2 is 2.36 bits per heavy atom. The molecule has 72 valence electrons. The molecule has 14 heavy (non-hydrogen) atoms. The van der Waals surface area contributed by atoms with E-state index in [2.05, 4.69) is 25.5 Å². The molecule has 0 atom stereocenters. The Kier molecular flexibility index (Phi) is 2.37. The second-order valence-corrected chi connectivity index (χ2v) is 2.71. The van der Waals surface area contributed by atoms with Gasteiger partial charge in [0.15, 0.2) is 0 Å². The molecule has 0 spiro atoms. The number of nitrogens with zero attached hydrogens (tertiary/aromatic N) is 3. The fraction of sp³-hybridized carbons (Fsp3) is 0.125. The predicted octanol–water partition coefficient (Wildman–Crippen LogP) is 0.402. The lowest BCUT2D eigenvalue weighted by Crippen LogP contribution is -2.01. The van der Waals surface area contributed by atoms with Gasteiger partial charge in [0.1, 0.15) is 12.1 Å². The van der Waals surface area contributed by atoms with Crippen LogP contribution in [0.3, 0.4) is 0 Å². The molecule has 2 aromatic rings. The van der Waals surface area contributed by atoms with Gasteiger partial charge in [-0.3, -0.25) is 5.10 Å². The first-order valence-corrected chi connectivity index (χ1v) is 4.15. The molecule has 0 bridgehead atoms. The number of nitrogens with one attached hydrogen (secondary N) is 2. The lowest BCUT2D eigenvalue weighted by atomic mass is 10.4. The maximum atomic E-state index is 5.46. The predicted molar refractivity (Wildman–Crippen MR) is 51.8 cm³/mol. The van der Waals surface area contributed by atoms with E-state index in [1.165, 1.54) is 6.33 Å². The van der Waals surface area contributed by atoms with Crippen molar-refractivity contribution in [2.45, 2.75) is 6.54 Å². The Balaban J connectivity index is 2.17. The zero-order valence-corrected chi connectivity index (χ0v) is 7.44. The van der Waals surface area contributed by atoms with Crippen LogP contribution in [0.15, 0.2) is 24.8 Å². The lowest BCUT2D eigenvalue weighted by molar-refractivity contribution is 0.966. The standard InChI is InChI=1S/C8H10N6/c9-2-6-1-8(11-5-10-6)14-7-3-12-13-4-7/h1,3-5H,2,9H2,(H,12,13)(H,10,11,14). The summed E-state index contributed by atoms with van der Waals surface area (Å²) in [5, 5.41) is 9.56. The van der Waals surface area contributed by atoms with Crippen LogP contribution in [-0.4, -0.2) is 20.2 Å². The molecular formula is C8H10N6. The van der Waals surface area contributed by atoms with Crippen molar-refractivity contribution in [2.75, 3.05) is 5.32 Å². The van der Waals surface area contributed by atoms with Crippen molar-refractivity contribution < 1.29 is 0 Å². The van der Waals surface area contributed by atoms with E-state index in [1.807, 2.05) is 0 Å². The first-order valence-electron chi connectivity index (χ1n) is 4.15. The summed E-state index contributed by atoms with van der Waals surface area (Å²) in [6.45, 7) is 0.405. The molecule has 6 heteroatoms. The second kappa shape index (κ2) is 3.84. The Labute approximate surface area is 80.6 Å². The molecule has 0 saturated carbocycles. The summed E-state index contributed by atoms with van der Waals surface area (Å²) in [5.74, 6) is 0.710. The van der Waals surface area contributed by atoms with Crippen LogP contribution in [0, 0.1) is 0 Å². The number of anilines is 2. The third-order valence-corrected chi connectivity index (χ3v) is 1.70. The van der Waals surface area contributed by atoms with Crippen LogP contribution in [0.25, 0.3) is 0 Å². The first-order chi connectivity index (χ1) is 6.88. The monoisotopic (exact) mass is 190 g/mol. The number of aromatic amines is 1. The van der Waals surface area contributed by atoms with Crippen LogP contribution in [0.5, 0.6) is 0 Å². The van der Waals surface area contributed by atoms with Gasteiger partial charge in [-0.1, -0.05) is 0 Å². The van der Waals surface area contributed by atoms with Gasteiger partial charge in [-0.2, -0.15) is 5.10 Å². The van der Waals surface area contributed by atoms with Gasteiger partial charge in [0.25, 0.3) is 0 Å². The number of hydrogen-bond acceptors (Lipinski definition) is 5. The van der Waals surface area contributed by atoms with Gasteiger partial charge in [0.05, 0.1) is 17.6 Å². The minimum Gasteiger partial charge on any atom is -0.338 e. The van der Waals surface area contributed by atoms with Gasteiger partial charge in [-0.25, -0.2) is 9.97 Å². The van der Waals surface area contributed by atoms with E-state index >= 15 is 0 Å². The van der Waals surface area contributed by atoms with Crippen LogP contribution in [0.4, 0.5) is 11.5 Å². The summed E-state index contributed by atoms with van der Waals surface area (Å²) < 4.78 is 0. The fourth-order valence-electron chi connectivity index (χ4n) is 1.04. The molecule has 0 fully saturated rings. The lowest BCUT2D eigenvalue weighted by Gasteiger charge is -2.02. The van der Waals surface area contributed by atoms with E-state index in [-0.39, 0.29) is 0 Å². The average molecular weight is 190 g/mol. The van der Waals surface area contributed by atoms with Gasteiger partial charge in [0, 0.05) is 18.8 Å². The first kappa shape index (κ1) is 8.64. The molecule has 0 aliphatic heterocycles. The number of aromatic nitrogens is 4. The Morgan fingerprint density at radius 3 is 3.07 bits per heavy atom. The number of nitrogens with two attached hydrogens (primary N) is 1. The van der Waals surface area contributed by atoms with Crippen LogP contribution < -0.4 is 11.1 Å². The second-order valence-electron chi connectivity index (χ2n) is 2.71.